The summed E-state index contributed by atoms with van der Waals surface area (Å²) in [6.45, 7) is 0.935. The smallest absolute Gasteiger partial charge is 0.320 e. The van der Waals surface area contributed by atoms with Crippen molar-refractivity contribution in [2.24, 2.45) is 0 Å². The lowest BCUT2D eigenvalue weighted by molar-refractivity contribution is -0.137. The quantitative estimate of drug-likeness (QED) is 0.681. The molecule has 1 rings (SSSR count). The van der Waals surface area contributed by atoms with E-state index in [0.29, 0.717) is 13.2 Å². The summed E-state index contributed by atoms with van der Waals surface area (Å²) in [6.07, 6.45) is -0.128. The Labute approximate surface area is 111 Å². The van der Waals surface area contributed by atoms with Crippen LogP contribution in [0.2, 0.25) is 0 Å². The van der Waals surface area contributed by atoms with E-state index in [1.165, 1.54) is 23.9 Å². The van der Waals surface area contributed by atoms with Crippen molar-refractivity contribution in [2.75, 3.05) is 40.4 Å². The lowest BCUT2D eigenvalue weighted by Crippen LogP contribution is -2.58. The Hall–Kier alpha value is -1.83. The average Bonchev–Trinajstić information content (AvgIpc) is 2.42. The van der Waals surface area contributed by atoms with E-state index in [2.05, 4.69) is 5.32 Å². The van der Waals surface area contributed by atoms with Gasteiger partial charge in [0, 0.05) is 27.2 Å². The summed E-state index contributed by atoms with van der Waals surface area (Å²) in [5.74, 6) is -1.26. The third-order valence-corrected chi connectivity index (χ3v) is 2.91. The molecule has 0 saturated carbocycles. The highest BCUT2D eigenvalue weighted by atomic mass is 16.5. The largest absolute Gasteiger partial charge is 0.481 e. The Morgan fingerprint density at radius 3 is 2.74 bits per heavy atom. The molecule has 0 aromatic heterocycles. The first-order valence-corrected chi connectivity index (χ1v) is 6.00. The van der Waals surface area contributed by atoms with Gasteiger partial charge in [-0.2, -0.15) is 0 Å². The van der Waals surface area contributed by atoms with Crippen molar-refractivity contribution in [1.82, 2.24) is 15.1 Å². The van der Waals surface area contributed by atoms with Crippen molar-refractivity contribution in [3.63, 3.8) is 0 Å². The van der Waals surface area contributed by atoms with E-state index in [4.69, 9.17) is 9.84 Å². The number of nitrogens with zero attached hydrogens (tertiary/aromatic N) is 2. The molecular formula is C11H19N3O5. The number of morpholine rings is 1. The molecule has 0 bridgehead atoms. The number of amides is 3. The lowest BCUT2D eigenvalue weighted by Gasteiger charge is -2.36. The SMILES string of the molecule is CNC(=O)C1COCCN1C(=O)N(C)CCC(=O)O. The van der Waals surface area contributed by atoms with Gasteiger partial charge in [-0.25, -0.2) is 4.79 Å². The van der Waals surface area contributed by atoms with Gasteiger partial charge in [-0.15, -0.1) is 0 Å². The van der Waals surface area contributed by atoms with Gasteiger partial charge in [-0.05, 0) is 0 Å². The van der Waals surface area contributed by atoms with E-state index >= 15 is 0 Å². The lowest BCUT2D eigenvalue weighted by atomic mass is 10.2. The second-order valence-corrected chi connectivity index (χ2v) is 4.25. The molecule has 0 aliphatic carbocycles. The Balaban J connectivity index is 2.65. The van der Waals surface area contributed by atoms with Crippen molar-refractivity contribution in [2.45, 2.75) is 12.5 Å². The number of ether oxygens (including phenoxy) is 1. The van der Waals surface area contributed by atoms with Crippen LogP contribution in [0.4, 0.5) is 4.79 Å². The number of carboxylic acids is 1. The molecule has 0 radical (unpaired) electrons. The molecule has 1 heterocycles. The van der Waals surface area contributed by atoms with Crippen LogP contribution in [0.15, 0.2) is 0 Å². The number of hydrogen-bond acceptors (Lipinski definition) is 4. The van der Waals surface area contributed by atoms with Gasteiger partial charge in [-0.3, -0.25) is 9.59 Å². The molecule has 1 aliphatic heterocycles. The van der Waals surface area contributed by atoms with Crippen LogP contribution in [-0.2, 0) is 14.3 Å². The molecule has 108 valence electrons. The minimum Gasteiger partial charge on any atom is -0.481 e. The number of nitrogens with one attached hydrogen (secondary N) is 1. The van der Waals surface area contributed by atoms with Gasteiger partial charge in [0.25, 0.3) is 0 Å². The van der Waals surface area contributed by atoms with Gasteiger partial charge < -0.3 is 25.0 Å². The molecule has 1 aliphatic rings. The summed E-state index contributed by atoms with van der Waals surface area (Å²) >= 11 is 0. The number of likely N-dealkylation sites (N-methyl/N-ethyl adjacent to an activating group) is 1. The van der Waals surface area contributed by atoms with Gasteiger partial charge in [0.05, 0.1) is 19.6 Å². The van der Waals surface area contributed by atoms with Crippen LogP contribution in [-0.4, -0.2) is 79.3 Å². The van der Waals surface area contributed by atoms with Crippen LogP contribution >= 0.6 is 0 Å². The summed E-state index contributed by atoms with van der Waals surface area (Å²) in [6, 6.07) is -1.03. The van der Waals surface area contributed by atoms with E-state index in [0.717, 1.165) is 0 Å². The molecular weight excluding hydrogens is 254 g/mol. The van der Waals surface area contributed by atoms with E-state index < -0.39 is 12.0 Å². The number of aliphatic carboxylic acids is 1. The van der Waals surface area contributed by atoms with Crippen molar-refractivity contribution >= 4 is 17.9 Å². The van der Waals surface area contributed by atoms with Gasteiger partial charge in [0.2, 0.25) is 5.91 Å². The molecule has 8 heteroatoms. The van der Waals surface area contributed by atoms with Crippen LogP contribution in [0.25, 0.3) is 0 Å². The third kappa shape index (κ3) is 4.09. The fourth-order valence-electron chi connectivity index (χ4n) is 1.79. The average molecular weight is 273 g/mol. The van der Waals surface area contributed by atoms with E-state index in [-0.39, 0.29) is 31.5 Å². The number of carboxylic acid groups (broad SMARTS) is 1. The highest BCUT2D eigenvalue weighted by Gasteiger charge is 2.33. The number of carbonyl (C=O) groups excluding carboxylic acids is 2. The summed E-state index contributed by atoms with van der Waals surface area (Å²) in [4.78, 5) is 37.0. The second kappa shape index (κ2) is 6.93. The van der Waals surface area contributed by atoms with Gasteiger partial charge in [0.1, 0.15) is 6.04 Å². The third-order valence-electron chi connectivity index (χ3n) is 2.91. The zero-order chi connectivity index (χ0) is 14.4. The molecule has 1 saturated heterocycles. The molecule has 0 spiro atoms. The van der Waals surface area contributed by atoms with E-state index in [1.54, 1.807) is 0 Å². The van der Waals surface area contributed by atoms with Crippen LogP contribution in [0.3, 0.4) is 0 Å². The van der Waals surface area contributed by atoms with Crippen molar-refractivity contribution in [1.29, 1.82) is 0 Å². The molecule has 19 heavy (non-hydrogen) atoms. The summed E-state index contributed by atoms with van der Waals surface area (Å²) < 4.78 is 5.20. The van der Waals surface area contributed by atoms with Crippen molar-refractivity contribution in [3.05, 3.63) is 0 Å². The number of carbonyl (C=O) groups is 3. The summed E-state index contributed by atoms with van der Waals surface area (Å²) in [7, 11) is 3.01. The van der Waals surface area contributed by atoms with Crippen molar-refractivity contribution < 1.29 is 24.2 Å². The molecule has 1 fully saturated rings. The molecule has 0 aromatic carbocycles. The Bertz CT molecular complexity index is 360. The summed E-state index contributed by atoms with van der Waals surface area (Å²) in [5, 5.41) is 11.1. The molecule has 8 nitrogen and oxygen atoms in total. The highest BCUT2D eigenvalue weighted by molar-refractivity contribution is 5.87. The molecule has 1 atom stereocenters. The summed E-state index contributed by atoms with van der Waals surface area (Å²) in [5.41, 5.74) is 0. The maximum atomic E-state index is 12.2. The highest BCUT2D eigenvalue weighted by Crippen LogP contribution is 2.10. The standard InChI is InChI=1S/C11H19N3O5/c1-12-10(17)8-7-19-6-5-14(8)11(18)13(2)4-3-9(15)16/h8H,3-7H2,1-2H3,(H,12,17)(H,15,16). The number of urea groups is 1. The number of rotatable bonds is 4. The number of hydrogen-bond donors (Lipinski definition) is 2. The fourth-order valence-corrected chi connectivity index (χ4v) is 1.79. The minimum atomic E-state index is -0.968. The zero-order valence-corrected chi connectivity index (χ0v) is 11.1. The van der Waals surface area contributed by atoms with Gasteiger partial charge >= 0.3 is 12.0 Å². The van der Waals surface area contributed by atoms with Crippen LogP contribution in [0.5, 0.6) is 0 Å². The Kier molecular flexibility index (Phi) is 5.56. The topological polar surface area (TPSA) is 99.2 Å². The molecule has 2 N–H and O–H groups in total. The van der Waals surface area contributed by atoms with Gasteiger partial charge in [0.15, 0.2) is 0 Å². The van der Waals surface area contributed by atoms with Crippen LogP contribution in [0, 0.1) is 0 Å². The first-order valence-electron chi connectivity index (χ1n) is 6.00. The Morgan fingerprint density at radius 1 is 1.47 bits per heavy atom. The van der Waals surface area contributed by atoms with Crippen LogP contribution in [0.1, 0.15) is 6.42 Å². The van der Waals surface area contributed by atoms with E-state index in [9.17, 15) is 14.4 Å². The minimum absolute atomic E-state index is 0.103. The first kappa shape index (κ1) is 15.2. The first-order chi connectivity index (χ1) is 8.97. The monoisotopic (exact) mass is 273 g/mol. The zero-order valence-electron chi connectivity index (χ0n) is 11.1. The Morgan fingerprint density at radius 2 is 2.16 bits per heavy atom. The van der Waals surface area contributed by atoms with Crippen LogP contribution < -0.4 is 5.32 Å². The van der Waals surface area contributed by atoms with Gasteiger partial charge in [-0.1, -0.05) is 0 Å². The normalized spacial score (nSPS) is 18.8. The predicted molar refractivity (Wildman–Crippen MR) is 65.7 cm³/mol. The molecule has 3 amide bonds. The molecule has 1 unspecified atom stereocenters. The van der Waals surface area contributed by atoms with E-state index in [1.807, 2.05) is 0 Å². The molecule has 0 aromatic rings. The maximum Gasteiger partial charge on any atom is 0.320 e. The predicted octanol–water partition coefficient (Wildman–Crippen LogP) is -1.04. The second-order valence-electron chi connectivity index (χ2n) is 4.25. The fraction of sp³-hybridized carbons (Fsp3) is 0.727. The maximum absolute atomic E-state index is 12.2. The van der Waals surface area contributed by atoms with Crippen molar-refractivity contribution in [3.8, 4) is 0 Å².